The van der Waals surface area contributed by atoms with Crippen molar-refractivity contribution in [1.82, 2.24) is 19.9 Å². The topological polar surface area (TPSA) is 118 Å². The summed E-state index contributed by atoms with van der Waals surface area (Å²) in [5, 5.41) is 0. The molecule has 2 aromatic rings. The maximum absolute atomic E-state index is 11.5. The number of fused-ring (bicyclic) bond motifs is 1. The molecule has 0 bridgehead atoms. The Morgan fingerprint density at radius 3 is 2.71 bits per heavy atom. The van der Waals surface area contributed by atoms with E-state index >= 15 is 0 Å². The van der Waals surface area contributed by atoms with E-state index in [0.29, 0.717) is 5.82 Å². The van der Waals surface area contributed by atoms with Gasteiger partial charge in [0.15, 0.2) is 11.2 Å². The maximum Gasteiger partial charge on any atom is 0.278 e. The number of hydrogen-bond donors (Lipinski definition) is 3. The van der Waals surface area contributed by atoms with Crippen LogP contribution < -0.4 is 11.3 Å². The number of nitrogens with two attached hydrogens (primary N) is 1. The zero-order valence-electron chi connectivity index (χ0n) is 9.57. The van der Waals surface area contributed by atoms with Crippen molar-refractivity contribution in [2.45, 2.75) is 20.3 Å². The number of hydrogen-bond acceptors (Lipinski definition) is 5. The van der Waals surface area contributed by atoms with Crippen LogP contribution in [0.4, 0.5) is 5.95 Å². The third-order valence-corrected chi connectivity index (χ3v) is 2.41. The number of imidazole rings is 1. The van der Waals surface area contributed by atoms with Gasteiger partial charge in [-0.3, -0.25) is 14.6 Å². The molecular formula is C10H13N5O2. The van der Waals surface area contributed by atoms with Crippen molar-refractivity contribution in [2.24, 2.45) is 5.92 Å². The van der Waals surface area contributed by atoms with E-state index in [2.05, 4.69) is 19.9 Å². The van der Waals surface area contributed by atoms with Crippen LogP contribution in [0.15, 0.2) is 4.79 Å². The highest BCUT2D eigenvalue weighted by atomic mass is 16.1. The highest BCUT2D eigenvalue weighted by Crippen LogP contribution is 2.07. The molecular weight excluding hydrogens is 222 g/mol. The summed E-state index contributed by atoms with van der Waals surface area (Å²) >= 11 is 0. The van der Waals surface area contributed by atoms with Crippen molar-refractivity contribution in [3.63, 3.8) is 0 Å². The van der Waals surface area contributed by atoms with Crippen LogP contribution in [0.2, 0.25) is 0 Å². The number of carbonyl (C=O) groups excluding carboxylic acids is 1. The minimum Gasteiger partial charge on any atom is -0.369 e. The monoisotopic (exact) mass is 235 g/mol. The largest absolute Gasteiger partial charge is 0.369 e. The number of anilines is 1. The first-order chi connectivity index (χ1) is 7.97. The lowest BCUT2D eigenvalue weighted by molar-refractivity contribution is -0.121. The highest BCUT2D eigenvalue weighted by molar-refractivity contribution is 5.82. The predicted molar refractivity (Wildman–Crippen MR) is 62.5 cm³/mol. The van der Waals surface area contributed by atoms with Gasteiger partial charge in [-0.05, 0) is 0 Å². The van der Waals surface area contributed by atoms with Gasteiger partial charge in [-0.2, -0.15) is 4.98 Å². The van der Waals surface area contributed by atoms with Crippen LogP contribution in [-0.4, -0.2) is 25.7 Å². The van der Waals surface area contributed by atoms with Gasteiger partial charge in [-0.15, -0.1) is 0 Å². The van der Waals surface area contributed by atoms with Crippen molar-refractivity contribution >= 4 is 22.9 Å². The molecule has 90 valence electrons. The number of ketones is 1. The molecule has 0 aliphatic rings. The lowest BCUT2D eigenvalue weighted by Gasteiger charge is -1.99. The van der Waals surface area contributed by atoms with Gasteiger partial charge in [0, 0.05) is 5.92 Å². The van der Waals surface area contributed by atoms with Crippen LogP contribution in [0, 0.1) is 5.92 Å². The molecule has 0 aliphatic heterocycles. The van der Waals surface area contributed by atoms with Gasteiger partial charge in [0.05, 0.1) is 6.42 Å². The molecule has 0 spiro atoms. The first kappa shape index (κ1) is 11.3. The highest BCUT2D eigenvalue weighted by Gasteiger charge is 2.13. The summed E-state index contributed by atoms with van der Waals surface area (Å²) in [6, 6.07) is 0. The van der Waals surface area contributed by atoms with Crippen LogP contribution >= 0.6 is 0 Å². The molecule has 7 heteroatoms. The van der Waals surface area contributed by atoms with E-state index in [0.717, 1.165) is 0 Å². The van der Waals surface area contributed by atoms with Gasteiger partial charge >= 0.3 is 0 Å². The van der Waals surface area contributed by atoms with Crippen LogP contribution in [0.3, 0.4) is 0 Å². The van der Waals surface area contributed by atoms with Gasteiger partial charge < -0.3 is 10.7 Å². The molecule has 2 heterocycles. The molecule has 4 N–H and O–H groups in total. The van der Waals surface area contributed by atoms with Crippen LogP contribution in [0.1, 0.15) is 19.7 Å². The summed E-state index contributed by atoms with van der Waals surface area (Å²) in [5.74, 6) is 0.422. The van der Waals surface area contributed by atoms with E-state index in [1.54, 1.807) is 0 Å². The number of aromatic nitrogens is 4. The Bertz CT molecular complexity index is 625. The van der Waals surface area contributed by atoms with Crippen LogP contribution in [0.5, 0.6) is 0 Å². The lowest BCUT2D eigenvalue weighted by atomic mass is 10.1. The molecule has 2 aromatic heterocycles. The van der Waals surface area contributed by atoms with Crippen molar-refractivity contribution in [3.8, 4) is 0 Å². The zero-order valence-corrected chi connectivity index (χ0v) is 9.57. The van der Waals surface area contributed by atoms with E-state index in [1.165, 1.54) is 0 Å². The van der Waals surface area contributed by atoms with Gasteiger partial charge in [-0.25, -0.2) is 4.98 Å². The van der Waals surface area contributed by atoms with E-state index in [9.17, 15) is 9.59 Å². The number of rotatable bonds is 3. The lowest BCUT2D eigenvalue weighted by Crippen LogP contribution is -2.11. The Morgan fingerprint density at radius 1 is 1.35 bits per heavy atom. The molecule has 0 aliphatic carbocycles. The molecule has 7 nitrogen and oxygen atoms in total. The van der Waals surface area contributed by atoms with Crippen molar-refractivity contribution in [1.29, 1.82) is 0 Å². The normalized spacial score (nSPS) is 11.2. The van der Waals surface area contributed by atoms with Gasteiger partial charge in [-0.1, -0.05) is 13.8 Å². The van der Waals surface area contributed by atoms with Crippen LogP contribution in [0.25, 0.3) is 11.2 Å². The molecule has 0 atom stereocenters. The summed E-state index contributed by atoms with van der Waals surface area (Å²) in [5.41, 5.74) is 5.49. The fraction of sp³-hybridized carbons (Fsp3) is 0.400. The molecule has 17 heavy (non-hydrogen) atoms. The third kappa shape index (κ3) is 2.17. The number of nitrogens with one attached hydrogen (secondary N) is 2. The molecule has 0 saturated heterocycles. The number of H-pyrrole nitrogens is 2. The molecule has 0 fully saturated rings. The minimum atomic E-state index is -0.386. The van der Waals surface area contributed by atoms with E-state index in [4.69, 9.17) is 5.73 Å². The molecule has 0 saturated carbocycles. The fourth-order valence-electron chi connectivity index (χ4n) is 1.42. The standard InChI is InChI=1S/C10H13N5O2/c1-4(2)5(16)3-6-12-7-8(13-6)14-10(11)15-9(7)17/h4H,3H2,1-2H3,(H4,11,12,13,14,15,17). The molecule has 0 aromatic carbocycles. The van der Waals surface area contributed by atoms with Crippen molar-refractivity contribution in [3.05, 3.63) is 16.2 Å². The number of Topliss-reactive ketones (excluding diaryl/α,β-unsaturated/α-hetero) is 1. The second-order valence-electron chi connectivity index (χ2n) is 4.13. The summed E-state index contributed by atoms with van der Waals surface area (Å²) in [6.45, 7) is 3.63. The SMILES string of the molecule is CC(C)C(=O)Cc1nc2nc(N)[nH]c(=O)c2[nH]1. The Labute approximate surface area is 96.5 Å². The number of aromatic amines is 2. The Kier molecular flexibility index (Phi) is 2.66. The molecule has 2 rings (SSSR count). The average Bonchev–Trinajstić information content (AvgIpc) is 2.60. The zero-order chi connectivity index (χ0) is 12.6. The Morgan fingerprint density at radius 2 is 2.06 bits per heavy atom. The first-order valence-corrected chi connectivity index (χ1v) is 5.24. The van der Waals surface area contributed by atoms with Crippen LogP contribution in [-0.2, 0) is 11.2 Å². The van der Waals surface area contributed by atoms with E-state index < -0.39 is 0 Å². The summed E-state index contributed by atoms with van der Waals surface area (Å²) in [6.07, 6.45) is 0.160. The molecule has 0 unspecified atom stereocenters. The smallest absolute Gasteiger partial charge is 0.278 e. The number of nitrogens with zero attached hydrogens (tertiary/aromatic N) is 2. The summed E-state index contributed by atoms with van der Waals surface area (Å²) in [7, 11) is 0. The summed E-state index contributed by atoms with van der Waals surface area (Å²) in [4.78, 5) is 36.1. The third-order valence-electron chi connectivity index (χ3n) is 2.41. The number of carbonyl (C=O) groups is 1. The van der Waals surface area contributed by atoms with Gasteiger partial charge in [0.1, 0.15) is 11.6 Å². The molecule has 0 amide bonds. The number of nitrogen functional groups attached to an aromatic ring is 1. The minimum absolute atomic E-state index is 0.00994. The molecule has 0 radical (unpaired) electrons. The average molecular weight is 235 g/mol. The van der Waals surface area contributed by atoms with E-state index in [-0.39, 0.29) is 40.8 Å². The fourth-order valence-corrected chi connectivity index (χ4v) is 1.42. The quantitative estimate of drug-likeness (QED) is 0.691. The second-order valence-corrected chi connectivity index (χ2v) is 4.13. The Hall–Kier alpha value is -2.18. The predicted octanol–water partition coefficient (Wildman–Crippen LogP) is -0.00400. The Balaban J connectivity index is 2.42. The second kappa shape index (κ2) is 4.00. The van der Waals surface area contributed by atoms with Gasteiger partial charge in [0.25, 0.3) is 5.56 Å². The van der Waals surface area contributed by atoms with Gasteiger partial charge in [0.2, 0.25) is 5.95 Å². The van der Waals surface area contributed by atoms with Crippen molar-refractivity contribution < 1.29 is 4.79 Å². The first-order valence-electron chi connectivity index (χ1n) is 5.24. The van der Waals surface area contributed by atoms with E-state index in [1.807, 2.05) is 13.8 Å². The maximum atomic E-state index is 11.5. The van der Waals surface area contributed by atoms with Crippen molar-refractivity contribution in [2.75, 3.05) is 5.73 Å². The summed E-state index contributed by atoms with van der Waals surface area (Å²) < 4.78 is 0.